The molecule has 0 aromatic heterocycles. The van der Waals surface area contributed by atoms with Crippen LogP contribution in [0.4, 0.5) is 0 Å². The minimum Gasteiger partial charge on any atom is -0.486 e. The van der Waals surface area contributed by atoms with Gasteiger partial charge in [0, 0.05) is 13.2 Å². The Balaban J connectivity index is 1.83. The van der Waals surface area contributed by atoms with Gasteiger partial charge < -0.3 is 19.5 Å². The zero-order valence-electron chi connectivity index (χ0n) is 11.9. The first-order chi connectivity index (χ1) is 9.20. The lowest BCUT2D eigenvalue weighted by molar-refractivity contribution is 0.0890. The Bertz CT molecular complexity index is 408. The third-order valence-corrected chi connectivity index (χ3v) is 3.56. The van der Waals surface area contributed by atoms with Crippen LogP contribution in [0.15, 0.2) is 18.2 Å². The van der Waals surface area contributed by atoms with Crippen LogP contribution >= 0.6 is 0 Å². The molecule has 2 atom stereocenters. The molecule has 0 radical (unpaired) electrons. The Kier molecular flexibility index (Phi) is 5.05. The zero-order valence-corrected chi connectivity index (χ0v) is 11.9. The van der Waals surface area contributed by atoms with E-state index in [0.717, 1.165) is 24.5 Å². The van der Waals surface area contributed by atoms with Gasteiger partial charge in [-0.2, -0.15) is 0 Å². The Morgan fingerprint density at radius 3 is 2.68 bits per heavy atom. The van der Waals surface area contributed by atoms with Crippen molar-refractivity contribution in [2.75, 3.05) is 26.9 Å². The molecule has 1 aromatic rings. The molecule has 0 bridgehead atoms. The minimum absolute atomic E-state index is 0.222. The number of ether oxygens (including phenoxy) is 3. The van der Waals surface area contributed by atoms with Gasteiger partial charge in [0.2, 0.25) is 0 Å². The molecule has 2 rings (SSSR count). The fourth-order valence-corrected chi connectivity index (χ4v) is 2.06. The lowest BCUT2D eigenvalue weighted by Gasteiger charge is -2.21. The lowest BCUT2D eigenvalue weighted by Crippen LogP contribution is -2.37. The summed E-state index contributed by atoms with van der Waals surface area (Å²) in [6.07, 6.45) is 1.19. The van der Waals surface area contributed by atoms with Crippen LogP contribution in [-0.2, 0) is 11.2 Å². The van der Waals surface area contributed by atoms with E-state index in [1.165, 1.54) is 5.56 Å². The topological polar surface area (TPSA) is 39.7 Å². The molecule has 106 valence electrons. The third-order valence-electron chi connectivity index (χ3n) is 3.56. The van der Waals surface area contributed by atoms with Gasteiger partial charge in [-0.1, -0.05) is 6.07 Å². The minimum atomic E-state index is 0.222. The van der Waals surface area contributed by atoms with Crippen LogP contribution in [0.25, 0.3) is 0 Å². The van der Waals surface area contributed by atoms with Crippen molar-refractivity contribution in [3.63, 3.8) is 0 Å². The SMILES string of the molecule is COC(C)C(C)NCCc1ccc2c(c1)OCCO2. The summed E-state index contributed by atoms with van der Waals surface area (Å²) in [5.74, 6) is 1.71. The van der Waals surface area contributed by atoms with Gasteiger partial charge in [-0.05, 0) is 44.5 Å². The number of benzene rings is 1. The largest absolute Gasteiger partial charge is 0.486 e. The molecule has 2 unspecified atom stereocenters. The summed E-state index contributed by atoms with van der Waals surface area (Å²) in [4.78, 5) is 0. The van der Waals surface area contributed by atoms with E-state index in [0.29, 0.717) is 19.3 Å². The summed E-state index contributed by atoms with van der Waals surface area (Å²) in [6, 6.07) is 6.51. The molecular formula is C15H23NO3. The normalized spacial score (nSPS) is 17.0. The molecule has 0 amide bonds. The van der Waals surface area contributed by atoms with Crippen LogP contribution in [0.1, 0.15) is 19.4 Å². The molecule has 19 heavy (non-hydrogen) atoms. The van der Waals surface area contributed by atoms with Crippen LogP contribution in [0.3, 0.4) is 0 Å². The van der Waals surface area contributed by atoms with E-state index in [-0.39, 0.29) is 6.10 Å². The van der Waals surface area contributed by atoms with Gasteiger partial charge in [-0.15, -0.1) is 0 Å². The number of fused-ring (bicyclic) bond motifs is 1. The highest BCUT2D eigenvalue weighted by Crippen LogP contribution is 2.30. The molecule has 0 saturated heterocycles. The Morgan fingerprint density at radius 1 is 1.21 bits per heavy atom. The number of hydrogen-bond acceptors (Lipinski definition) is 4. The van der Waals surface area contributed by atoms with Crippen molar-refractivity contribution in [3.8, 4) is 11.5 Å². The quantitative estimate of drug-likeness (QED) is 0.854. The van der Waals surface area contributed by atoms with Crippen LogP contribution in [0.5, 0.6) is 11.5 Å². The van der Waals surface area contributed by atoms with Gasteiger partial charge in [0.25, 0.3) is 0 Å². The first-order valence-corrected chi connectivity index (χ1v) is 6.85. The molecule has 4 nitrogen and oxygen atoms in total. The summed E-state index contributed by atoms with van der Waals surface area (Å²) < 4.78 is 16.4. The number of rotatable bonds is 6. The molecule has 1 N–H and O–H groups in total. The van der Waals surface area contributed by atoms with Crippen molar-refractivity contribution in [1.29, 1.82) is 0 Å². The fraction of sp³-hybridized carbons (Fsp3) is 0.600. The average molecular weight is 265 g/mol. The van der Waals surface area contributed by atoms with E-state index in [1.54, 1.807) is 7.11 Å². The molecule has 1 aromatic carbocycles. The van der Waals surface area contributed by atoms with Gasteiger partial charge in [0.05, 0.1) is 6.10 Å². The number of nitrogens with one attached hydrogen (secondary N) is 1. The highest BCUT2D eigenvalue weighted by Gasteiger charge is 2.12. The smallest absolute Gasteiger partial charge is 0.161 e. The predicted molar refractivity (Wildman–Crippen MR) is 75.1 cm³/mol. The van der Waals surface area contributed by atoms with E-state index < -0.39 is 0 Å². The second-order valence-electron chi connectivity index (χ2n) is 4.91. The summed E-state index contributed by atoms with van der Waals surface area (Å²) in [7, 11) is 1.74. The van der Waals surface area contributed by atoms with E-state index in [1.807, 2.05) is 6.07 Å². The van der Waals surface area contributed by atoms with Crippen molar-refractivity contribution in [1.82, 2.24) is 5.32 Å². The molecule has 0 aliphatic carbocycles. The zero-order chi connectivity index (χ0) is 13.7. The first kappa shape index (κ1) is 14.2. The molecule has 1 aliphatic rings. The maximum atomic E-state index is 5.58. The maximum Gasteiger partial charge on any atom is 0.161 e. The van der Waals surface area contributed by atoms with Crippen LogP contribution in [0.2, 0.25) is 0 Å². The van der Waals surface area contributed by atoms with Crippen molar-refractivity contribution in [2.24, 2.45) is 0 Å². The first-order valence-electron chi connectivity index (χ1n) is 6.85. The van der Waals surface area contributed by atoms with Crippen LogP contribution in [0, 0.1) is 0 Å². The van der Waals surface area contributed by atoms with E-state index in [4.69, 9.17) is 14.2 Å². The third kappa shape index (κ3) is 3.85. The van der Waals surface area contributed by atoms with Crippen molar-refractivity contribution < 1.29 is 14.2 Å². The lowest BCUT2D eigenvalue weighted by atomic mass is 10.1. The molecule has 4 heteroatoms. The second-order valence-corrected chi connectivity index (χ2v) is 4.91. The molecule has 1 aliphatic heterocycles. The van der Waals surface area contributed by atoms with E-state index >= 15 is 0 Å². The van der Waals surface area contributed by atoms with Gasteiger partial charge >= 0.3 is 0 Å². The maximum absolute atomic E-state index is 5.58. The average Bonchev–Trinajstić information content (AvgIpc) is 2.46. The predicted octanol–water partition coefficient (Wildman–Crippen LogP) is 2.01. The standard InChI is InChI=1S/C15H23NO3/c1-11(12(2)17-3)16-7-6-13-4-5-14-15(10-13)19-9-8-18-14/h4-5,10-12,16H,6-9H2,1-3H3. The Hall–Kier alpha value is -1.26. The highest BCUT2D eigenvalue weighted by molar-refractivity contribution is 5.43. The monoisotopic (exact) mass is 265 g/mol. The van der Waals surface area contributed by atoms with Crippen molar-refractivity contribution >= 4 is 0 Å². The van der Waals surface area contributed by atoms with Crippen molar-refractivity contribution in [3.05, 3.63) is 23.8 Å². The molecule has 1 heterocycles. The van der Waals surface area contributed by atoms with Crippen molar-refractivity contribution in [2.45, 2.75) is 32.4 Å². The number of methoxy groups -OCH3 is 1. The van der Waals surface area contributed by atoms with Gasteiger partial charge in [-0.25, -0.2) is 0 Å². The number of hydrogen-bond donors (Lipinski definition) is 1. The van der Waals surface area contributed by atoms with Gasteiger partial charge in [0.15, 0.2) is 11.5 Å². The van der Waals surface area contributed by atoms with E-state index in [2.05, 4.69) is 31.3 Å². The van der Waals surface area contributed by atoms with Crippen LogP contribution in [-0.4, -0.2) is 39.0 Å². The fourth-order valence-electron chi connectivity index (χ4n) is 2.06. The molecule has 0 spiro atoms. The summed E-state index contributed by atoms with van der Waals surface area (Å²) in [5.41, 5.74) is 1.26. The molecule has 0 fully saturated rings. The van der Waals surface area contributed by atoms with E-state index in [9.17, 15) is 0 Å². The Morgan fingerprint density at radius 2 is 1.95 bits per heavy atom. The highest BCUT2D eigenvalue weighted by atomic mass is 16.6. The summed E-state index contributed by atoms with van der Waals surface area (Å²) in [6.45, 7) is 6.41. The summed E-state index contributed by atoms with van der Waals surface area (Å²) >= 11 is 0. The summed E-state index contributed by atoms with van der Waals surface area (Å²) in [5, 5.41) is 3.46. The Labute approximate surface area is 115 Å². The molecule has 0 saturated carbocycles. The van der Waals surface area contributed by atoms with Gasteiger partial charge in [-0.3, -0.25) is 0 Å². The molecular weight excluding hydrogens is 242 g/mol. The van der Waals surface area contributed by atoms with Crippen LogP contribution < -0.4 is 14.8 Å². The van der Waals surface area contributed by atoms with Gasteiger partial charge in [0.1, 0.15) is 13.2 Å². The second kappa shape index (κ2) is 6.78.